The van der Waals surface area contributed by atoms with Crippen molar-refractivity contribution in [2.75, 3.05) is 11.9 Å². The van der Waals surface area contributed by atoms with Crippen LogP contribution in [0.3, 0.4) is 0 Å². The third kappa shape index (κ3) is 2.94. The van der Waals surface area contributed by atoms with Gasteiger partial charge in [-0.1, -0.05) is 6.07 Å². The summed E-state index contributed by atoms with van der Waals surface area (Å²) >= 11 is 0. The van der Waals surface area contributed by atoms with E-state index in [1.165, 1.54) is 0 Å². The molecule has 1 aromatic heterocycles. The standard InChI is InChI=1S/C13H12F2N2O/c1-2-16-12-4-3-5-13(17-12)18-11-8-9(14)6-7-10(11)15/h3-8H,2H2,1H3,(H,16,17). The predicted molar refractivity (Wildman–Crippen MR) is 64.8 cm³/mol. The molecular weight excluding hydrogens is 238 g/mol. The summed E-state index contributed by atoms with van der Waals surface area (Å²) in [7, 11) is 0. The number of nitrogens with zero attached hydrogens (tertiary/aromatic N) is 1. The Balaban J connectivity index is 2.22. The maximum absolute atomic E-state index is 13.4. The lowest BCUT2D eigenvalue weighted by Crippen LogP contribution is -2.00. The average molecular weight is 250 g/mol. The number of anilines is 1. The number of benzene rings is 1. The van der Waals surface area contributed by atoms with E-state index in [1.54, 1.807) is 18.2 Å². The van der Waals surface area contributed by atoms with Crippen LogP contribution < -0.4 is 10.1 Å². The average Bonchev–Trinajstić information content (AvgIpc) is 2.35. The van der Waals surface area contributed by atoms with Crippen LogP contribution in [0.2, 0.25) is 0 Å². The van der Waals surface area contributed by atoms with Gasteiger partial charge in [0, 0.05) is 18.7 Å². The van der Waals surface area contributed by atoms with Crippen molar-refractivity contribution in [3.8, 4) is 11.6 Å². The normalized spacial score (nSPS) is 10.2. The van der Waals surface area contributed by atoms with Gasteiger partial charge in [0.15, 0.2) is 11.6 Å². The summed E-state index contributed by atoms with van der Waals surface area (Å²) in [6, 6.07) is 8.08. The molecule has 0 fully saturated rings. The molecule has 0 spiro atoms. The van der Waals surface area contributed by atoms with Crippen molar-refractivity contribution in [2.45, 2.75) is 6.92 Å². The Labute approximate surface area is 103 Å². The highest BCUT2D eigenvalue weighted by molar-refractivity contribution is 5.38. The van der Waals surface area contributed by atoms with Crippen molar-refractivity contribution in [3.63, 3.8) is 0 Å². The molecule has 0 bridgehead atoms. The number of nitrogens with one attached hydrogen (secondary N) is 1. The maximum Gasteiger partial charge on any atom is 0.221 e. The van der Waals surface area contributed by atoms with E-state index in [1.807, 2.05) is 6.92 Å². The molecule has 0 aliphatic rings. The highest BCUT2D eigenvalue weighted by atomic mass is 19.1. The summed E-state index contributed by atoms with van der Waals surface area (Å²) in [6.45, 7) is 2.65. The van der Waals surface area contributed by atoms with E-state index in [2.05, 4.69) is 10.3 Å². The number of hydrogen-bond donors (Lipinski definition) is 1. The summed E-state index contributed by atoms with van der Waals surface area (Å²) in [5.41, 5.74) is 0. The van der Waals surface area contributed by atoms with Gasteiger partial charge in [-0.05, 0) is 25.1 Å². The van der Waals surface area contributed by atoms with Crippen molar-refractivity contribution >= 4 is 5.82 Å². The van der Waals surface area contributed by atoms with E-state index in [0.717, 1.165) is 18.2 Å². The van der Waals surface area contributed by atoms with E-state index in [9.17, 15) is 8.78 Å². The highest BCUT2D eigenvalue weighted by Crippen LogP contribution is 2.24. The number of ether oxygens (including phenoxy) is 1. The van der Waals surface area contributed by atoms with Gasteiger partial charge in [-0.15, -0.1) is 0 Å². The molecule has 5 heteroatoms. The summed E-state index contributed by atoms with van der Waals surface area (Å²) < 4.78 is 31.6. The topological polar surface area (TPSA) is 34.1 Å². The van der Waals surface area contributed by atoms with Crippen LogP contribution in [0.5, 0.6) is 11.6 Å². The fraction of sp³-hybridized carbons (Fsp3) is 0.154. The van der Waals surface area contributed by atoms with Crippen molar-refractivity contribution < 1.29 is 13.5 Å². The molecule has 1 heterocycles. The molecule has 2 rings (SSSR count). The van der Waals surface area contributed by atoms with Gasteiger partial charge in [-0.3, -0.25) is 0 Å². The van der Waals surface area contributed by atoms with Crippen molar-refractivity contribution in [3.05, 3.63) is 48.0 Å². The van der Waals surface area contributed by atoms with Gasteiger partial charge in [-0.25, -0.2) is 8.78 Å². The monoisotopic (exact) mass is 250 g/mol. The van der Waals surface area contributed by atoms with Crippen LogP contribution in [-0.2, 0) is 0 Å². The molecule has 1 aromatic carbocycles. The maximum atomic E-state index is 13.4. The van der Waals surface area contributed by atoms with Gasteiger partial charge < -0.3 is 10.1 Å². The molecule has 0 aliphatic heterocycles. The van der Waals surface area contributed by atoms with Gasteiger partial charge in [0.1, 0.15) is 11.6 Å². The van der Waals surface area contributed by atoms with Crippen molar-refractivity contribution in [1.29, 1.82) is 0 Å². The Bertz CT molecular complexity index is 546. The first-order valence-electron chi connectivity index (χ1n) is 5.53. The molecular formula is C13H12F2N2O. The molecule has 0 aliphatic carbocycles. The summed E-state index contributed by atoms with van der Waals surface area (Å²) in [5, 5.41) is 3.00. The summed E-state index contributed by atoms with van der Waals surface area (Å²) in [5.74, 6) is -0.554. The molecule has 0 unspecified atom stereocenters. The molecule has 0 amide bonds. The Kier molecular flexibility index (Phi) is 3.72. The Morgan fingerprint density at radius 2 is 2.06 bits per heavy atom. The first kappa shape index (κ1) is 12.3. The van der Waals surface area contributed by atoms with Crippen LogP contribution in [0.4, 0.5) is 14.6 Å². The first-order valence-corrected chi connectivity index (χ1v) is 5.53. The second-order valence-electron chi connectivity index (χ2n) is 3.57. The minimum atomic E-state index is -0.632. The van der Waals surface area contributed by atoms with Crippen LogP contribution in [0.1, 0.15) is 6.92 Å². The van der Waals surface area contributed by atoms with Crippen LogP contribution in [0, 0.1) is 11.6 Å². The molecule has 0 saturated carbocycles. The number of hydrogen-bond acceptors (Lipinski definition) is 3. The third-order valence-corrected chi connectivity index (χ3v) is 2.19. The number of halogens is 2. The molecule has 3 nitrogen and oxygen atoms in total. The smallest absolute Gasteiger partial charge is 0.221 e. The van der Waals surface area contributed by atoms with E-state index in [-0.39, 0.29) is 11.6 Å². The fourth-order valence-electron chi connectivity index (χ4n) is 1.42. The summed E-state index contributed by atoms with van der Waals surface area (Å²) in [6.07, 6.45) is 0. The zero-order valence-corrected chi connectivity index (χ0v) is 9.78. The lowest BCUT2D eigenvalue weighted by Gasteiger charge is -2.08. The largest absolute Gasteiger partial charge is 0.436 e. The van der Waals surface area contributed by atoms with Gasteiger partial charge in [-0.2, -0.15) is 4.98 Å². The molecule has 0 saturated heterocycles. The summed E-state index contributed by atoms with van der Waals surface area (Å²) in [4.78, 5) is 4.11. The molecule has 0 radical (unpaired) electrons. The van der Waals surface area contributed by atoms with Gasteiger partial charge in [0.25, 0.3) is 0 Å². The SMILES string of the molecule is CCNc1cccc(Oc2cc(F)ccc2F)n1. The minimum Gasteiger partial charge on any atom is -0.436 e. The quantitative estimate of drug-likeness (QED) is 0.900. The van der Waals surface area contributed by atoms with E-state index in [4.69, 9.17) is 4.74 Å². The van der Waals surface area contributed by atoms with Crippen molar-refractivity contribution in [1.82, 2.24) is 4.98 Å². The Hall–Kier alpha value is -2.17. The molecule has 18 heavy (non-hydrogen) atoms. The molecule has 0 atom stereocenters. The molecule has 1 N–H and O–H groups in total. The van der Waals surface area contributed by atoms with Crippen LogP contribution in [-0.4, -0.2) is 11.5 Å². The Morgan fingerprint density at radius 3 is 2.83 bits per heavy atom. The Morgan fingerprint density at radius 1 is 1.22 bits per heavy atom. The zero-order valence-electron chi connectivity index (χ0n) is 9.78. The van der Waals surface area contributed by atoms with Crippen LogP contribution in [0.15, 0.2) is 36.4 Å². The minimum absolute atomic E-state index is 0.184. The molecule has 2 aromatic rings. The van der Waals surface area contributed by atoms with E-state index in [0.29, 0.717) is 12.4 Å². The predicted octanol–water partition coefficient (Wildman–Crippen LogP) is 3.58. The number of pyridine rings is 1. The van der Waals surface area contributed by atoms with E-state index < -0.39 is 11.6 Å². The first-order chi connectivity index (χ1) is 8.69. The zero-order chi connectivity index (χ0) is 13.0. The van der Waals surface area contributed by atoms with Crippen LogP contribution in [0.25, 0.3) is 0 Å². The van der Waals surface area contributed by atoms with Crippen LogP contribution >= 0.6 is 0 Å². The molecule has 94 valence electrons. The second kappa shape index (κ2) is 5.44. The van der Waals surface area contributed by atoms with E-state index >= 15 is 0 Å². The highest BCUT2D eigenvalue weighted by Gasteiger charge is 2.07. The lowest BCUT2D eigenvalue weighted by molar-refractivity contribution is 0.423. The second-order valence-corrected chi connectivity index (χ2v) is 3.57. The third-order valence-electron chi connectivity index (χ3n) is 2.19. The van der Waals surface area contributed by atoms with Crippen molar-refractivity contribution in [2.24, 2.45) is 0 Å². The number of aromatic nitrogens is 1. The van der Waals surface area contributed by atoms with Gasteiger partial charge >= 0.3 is 0 Å². The lowest BCUT2D eigenvalue weighted by atomic mass is 10.3. The number of rotatable bonds is 4. The van der Waals surface area contributed by atoms with Gasteiger partial charge in [0.2, 0.25) is 5.88 Å². The van der Waals surface area contributed by atoms with Gasteiger partial charge in [0.05, 0.1) is 0 Å². The fourth-order valence-corrected chi connectivity index (χ4v) is 1.42.